The molecule has 10 nitrogen and oxygen atoms in total. The largest absolute Gasteiger partial charge is 0.376 e. The number of aryl methyl sites for hydroxylation is 1. The lowest BCUT2D eigenvalue weighted by atomic mass is 10.2. The topological polar surface area (TPSA) is 149 Å². The molecule has 0 bridgehead atoms. The summed E-state index contributed by atoms with van der Waals surface area (Å²) in [6.07, 6.45) is 4.01. The van der Waals surface area contributed by atoms with Crippen LogP contribution in [0.25, 0.3) is 0 Å². The highest BCUT2D eigenvalue weighted by Crippen LogP contribution is 2.25. The summed E-state index contributed by atoms with van der Waals surface area (Å²) in [5, 5.41) is 0. The van der Waals surface area contributed by atoms with Gasteiger partial charge in [-0.25, -0.2) is 4.79 Å². The predicted octanol–water partition coefficient (Wildman–Crippen LogP) is -0.00758. The molecule has 0 aliphatic carbocycles. The maximum absolute atomic E-state index is 12.0. The zero-order chi connectivity index (χ0) is 20.2. The van der Waals surface area contributed by atoms with Crippen molar-refractivity contribution < 1.29 is 23.8 Å². The van der Waals surface area contributed by atoms with Gasteiger partial charge in [0.2, 0.25) is 0 Å². The Morgan fingerprint density at radius 1 is 1.22 bits per heavy atom. The molecule has 0 amide bonds. The van der Waals surface area contributed by atoms with Gasteiger partial charge in [0.25, 0.3) is 5.56 Å². The van der Waals surface area contributed by atoms with Crippen molar-refractivity contribution in [2.75, 3.05) is 26.9 Å². The fraction of sp³-hybridized carbons (Fsp3) is 0.750. The molecule has 1 aromatic rings. The summed E-state index contributed by atoms with van der Waals surface area (Å²) < 4.78 is 17.4. The minimum atomic E-state index is -2.52. The van der Waals surface area contributed by atoms with Gasteiger partial charge in [0.1, 0.15) is 12.2 Å². The van der Waals surface area contributed by atoms with E-state index in [2.05, 4.69) is 4.98 Å². The molecule has 156 valence electrons. The molecule has 0 saturated carbocycles. The number of nitrogens with zero attached hydrogens (tertiary/aromatic N) is 1. The van der Waals surface area contributed by atoms with Crippen LogP contribution in [-0.4, -0.2) is 58.4 Å². The van der Waals surface area contributed by atoms with Gasteiger partial charge in [-0.05, 0) is 26.3 Å². The highest BCUT2D eigenvalue weighted by Gasteiger charge is 2.25. The highest BCUT2D eigenvalue weighted by molar-refractivity contribution is 7.39. The molecule has 1 aromatic heterocycles. The standard InChI is InChI=1S/C16H30N3O7P/c1-12-9-19(16(21)18-15(12)20)10-13(14(24-2)11-26-27(22)23)25-8-6-4-3-5-7-17/h9,13-14,22-23H,3-8,10-11,17H2,1-2H3,(H,18,20,21). The lowest BCUT2D eigenvalue weighted by Gasteiger charge is -2.27. The van der Waals surface area contributed by atoms with Gasteiger partial charge in [0.15, 0.2) is 0 Å². The third-order valence-electron chi connectivity index (χ3n) is 4.07. The molecule has 2 atom stereocenters. The molecule has 0 saturated heterocycles. The first kappa shape index (κ1) is 23.9. The number of nitrogens with one attached hydrogen (secondary N) is 1. The van der Waals surface area contributed by atoms with E-state index in [1.54, 1.807) is 6.92 Å². The van der Waals surface area contributed by atoms with Gasteiger partial charge in [0, 0.05) is 25.5 Å². The summed E-state index contributed by atoms with van der Waals surface area (Å²) in [6.45, 7) is 2.72. The maximum Gasteiger partial charge on any atom is 0.328 e. The van der Waals surface area contributed by atoms with Crippen LogP contribution in [0.2, 0.25) is 0 Å². The number of aromatic amines is 1. The Kier molecular flexibility index (Phi) is 11.6. The number of H-pyrrole nitrogens is 1. The number of aromatic nitrogens is 2. The van der Waals surface area contributed by atoms with Gasteiger partial charge in [-0.1, -0.05) is 12.8 Å². The molecule has 27 heavy (non-hydrogen) atoms. The number of methoxy groups -OCH3 is 1. The van der Waals surface area contributed by atoms with E-state index in [0.717, 1.165) is 25.7 Å². The first-order chi connectivity index (χ1) is 12.9. The van der Waals surface area contributed by atoms with Gasteiger partial charge in [-0.2, -0.15) is 0 Å². The Morgan fingerprint density at radius 3 is 2.56 bits per heavy atom. The first-order valence-electron chi connectivity index (χ1n) is 8.84. The summed E-state index contributed by atoms with van der Waals surface area (Å²) in [4.78, 5) is 43.8. The van der Waals surface area contributed by atoms with E-state index in [1.807, 2.05) is 0 Å². The second-order valence-corrected chi connectivity index (χ2v) is 6.92. The van der Waals surface area contributed by atoms with Crippen LogP contribution in [0.3, 0.4) is 0 Å². The van der Waals surface area contributed by atoms with E-state index in [-0.39, 0.29) is 13.2 Å². The van der Waals surface area contributed by atoms with E-state index in [9.17, 15) is 9.59 Å². The second kappa shape index (κ2) is 13.1. The molecule has 0 aliphatic rings. The van der Waals surface area contributed by atoms with Crippen LogP contribution in [0.4, 0.5) is 0 Å². The molecular formula is C16H30N3O7P. The minimum Gasteiger partial charge on any atom is -0.376 e. The van der Waals surface area contributed by atoms with E-state index < -0.39 is 32.1 Å². The molecule has 0 spiro atoms. The third kappa shape index (κ3) is 9.07. The third-order valence-corrected chi connectivity index (χ3v) is 4.45. The molecule has 1 heterocycles. The molecule has 2 unspecified atom stereocenters. The Morgan fingerprint density at radius 2 is 1.93 bits per heavy atom. The molecular weight excluding hydrogens is 377 g/mol. The van der Waals surface area contributed by atoms with E-state index in [4.69, 9.17) is 29.5 Å². The highest BCUT2D eigenvalue weighted by atomic mass is 31.2. The van der Waals surface area contributed by atoms with Crippen LogP contribution in [0.5, 0.6) is 0 Å². The van der Waals surface area contributed by atoms with E-state index in [1.165, 1.54) is 17.9 Å². The fourth-order valence-electron chi connectivity index (χ4n) is 2.53. The Bertz CT molecular complexity index is 650. The quantitative estimate of drug-likeness (QED) is 0.249. The van der Waals surface area contributed by atoms with E-state index in [0.29, 0.717) is 18.7 Å². The first-order valence-corrected chi connectivity index (χ1v) is 10.0. The normalized spacial score (nSPS) is 13.9. The average molecular weight is 407 g/mol. The predicted molar refractivity (Wildman–Crippen MR) is 101 cm³/mol. The van der Waals surface area contributed by atoms with Crippen LogP contribution in [0, 0.1) is 6.92 Å². The lowest BCUT2D eigenvalue weighted by Crippen LogP contribution is -2.42. The van der Waals surface area contributed by atoms with Crippen LogP contribution in [-0.2, 0) is 20.5 Å². The Labute approximate surface area is 159 Å². The summed E-state index contributed by atoms with van der Waals surface area (Å²) in [6, 6.07) is 0. The van der Waals surface area contributed by atoms with Crippen molar-refractivity contribution in [3.8, 4) is 0 Å². The van der Waals surface area contributed by atoms with Crippen LogP contribution in [0.1, 0.15) is 31.2 Å². The summed E-state index contributed by atoms with van der Waals surface area (Å²) in [5.74, 6) is 0. The molecule has 0 radical (unpaired) electrons. The van der Waals surface area contributed by atoms with Gasteiger partial charge < -0.3 is 29.5 Å². The Hall–Kier alpha value is -1.13. The van der Waals surface area contributed by atoms with Gasteiger partial charge in [-0.15, -0.1) is 0 Å². The van der Waals surface area contributed by atoms with Gasteiger partial charge in [-0.3, -0.25) is 14.3 Å². The van der Waals surface area contributed by atoms with Gasteiger partial charge in [0.05, 0.1) is 13.2 Å². The average Bonchev–Trinajstić information content (AvgIpc) is 2.62. The summed E-state index contributed by atoms with van der Waals surface area (Å²) >= 11 is 0. The van der Waals surface area contributed by atoms with Crippen molar-refractivity contribution in [3.63, 3.8) is 0 Å². The monoisotopic (exact) mass is 407 g/mol. The van der Waals surface area contributed by atoms with Gasteiger partial charge >= 0.3 is 14.3 Å². The number of ether oxygens (including phenoxy) is 2. The number of nitrogens with two attached hydrogens (primary N) is 1. The Balaban J connectivity index is 2.81. The SMILES string of the molecule is COC(COP(O)O)C(Cn1cc(C)c(=O)[nH]c1=O)OCCCCCCN. The zero-order valence-electron chi connectivity index (χ0n) is 15.8. The van der Waals surface area contributed by atoms with E-state index >= 15 is 0 Å². The van der Waals surface area contributed by atoms with Crippen molar-refractivity contribution >= 4 is 8.60 Å². The molecule has 11 heteroatoms. The summed E-state index contributed by atoms with van der Waals surface area (Å²) in [5.41, 5.74) is 4.88. The number of unbranched alkanes of at least 4 members (excludes halogenated alkanes) is 3. The van der Waals surface area contributed by atoms with Crippen LogP contribution < -0.4 is 17.0 Å². The minimum absolute atomic E-state index is 0.107. The molecule has 5 N–H and O–H groups in total. The molecule has 0 aliphatic heterocycles. The van der Waals surface area contributed by atoms with Crippen molar-refractivity contribution in [1.82, 2.24) is 9.55 Å². The van der Waals surface area contributed by atoms with Crippen molar-refractivity contribution in [2.45, 2.75) is 51.4 Å². The van der Waals surface area contributed by atoms with Crippen molar-refractivity contribution in [2.24, 2.45) is 5.73 Å². The molecule has 0 fully saturated rings. The number of hydrogen-bond donors (Lipinski definition) is 4. The second-order valence-electron chi connectivity index (χ2n) is 6.16. The van der Waals surface area contributed by atoms with Crippen molar-refractivity contribution in [3.05, 3.63) is 32.6 Å². The number of rotatable bonds is 14. The number of hydrogen-bond acceptors (Lipinski definition) is 8. The van der Waals surface area contributed by atoms with Crippen LogP contribution in [0.15, 0.2) is 15.8 Å². The molecule has 0 aromatic carbocycles. The van der Waals surface area contributed by atoms with Crippen molar-refractivity contribution in [1.29, 1.82) is 0 Å². The zero-order valence-corrected chi connectivity index (χ0v) is 16.7. The summed E-state index contributed by atoms with van der Waals surface area (Å²) in [7, 11) is -1.08. The van der Waals surface area contributed by atoms with Crippen LogP contribution >= 0.6 is 8.60 Å². The molecule has 1 rings (SSSR count). The maximum atomic E-state index is 12.0. The smallest absolute Gasteiger partial charge is 0.328 e. The fourth-order valence-corrected chi connectivity index (χ4v) is 2.81. The lowest BCUT2D eigenvalue weighted by molar-refractivity contribution is -0.0810.